The summed E-state index contributed by atoms with van der Waals surface area (Å²) in [5, 5.41) is 9.44. The fourth-order valence-electron chi connectivity index (χ4n) is 2.01. The predicted octanol–water partition coefficient (Wildman–Crippen LogP) is 2.91. The van der Waals surface area contributed by atoms with Crippen LogP contribution >= 0.6 is 0 Å². The Morgan fingerprint density at radius 1 is 1.06 bits per heavy atom. The van der Waals surface area contributed by atoms with Crippen molar-refractivity contribution in [1.82, 2.24) is 0 Å². The summed E-state index contributed by atoms with van der Waals surface area (Å²) in [5.41, 5.74) is 1.41. The largest absolute Gasteiger partial charge is 0.496 e. The van der Waals surface area contributed by atoms with E-state index in [4.69, 9.17) is 4.74 Å². The van der Waals surface area contributed by atoms with Crippen molar-refractivity contribution in [1.29, 1.82) is 0 Å². The van der Waals surface area contributed by atoms with Crippen molar-refractivity contribution >= 4 is 5.97 Å². The fourth-order valence-corrected chi connectivity index (χ4v) is 2.01. The minimum Gasteiger partial charge on any atom is -0.496 e. The molecule has 0 amide bonds. The number of benzene rings is 2. The molecule has 0 fully saturated rings. The molecule has 2 aromatic rings. The van der Waals surface area contributed by atoms with Gasteiger partial charge in [0.2, 0.25) is 0 Å². The van der Waals surface area contributed by atoms with Crippen LogP contribution in [0, 0.1) is 0 Å². The summed E-state index contributed by atoms with van der Waals surface area (Å²) >= 11 is 0. The Labute approximate surface area is 106 Å². The molecule has 0 radical (unpaired) electrons. The SMILES string of the molecule is COc1ccccc1[C@@H](C(=O)O)c1ccccc1. The molecule has 92 valence electrons. The van der Waals surface area contributed by atoms with Gasteiger partial charge in [-0.3, -0.25) is 4.79 Å². The van der Waals surface area contributed by atoms with E-state index in [1.807, 2.05) is 42.5 Å². The first-order valence-electron chi connectivity index (χ1n) is 5.64. The average molecular weight is 242 g/mol. The highest BCUT2D eigenvalue weighted by Crippen LogP contribution is 2.31. The molecule has 2 rings (SSSR count). The van der Waals surface area contributed by atoms with Gasteiger partial charge in [0.15, 0.2) is 0 Å². The number of carboxylic acids is 1. The molecule has 0 spiro atoms. The molecule has 1 N–H and O–H groups in total. The lowest BCUT2D eigenvalue weighted by Gasteiger charge is -2.16. The van der Waals surface area contributed by atoms with Gasteiger partial charge in [-0.05, 0) is 11.6 Å². The maximum Gasteiger partial charge on any atom is 0.315 e. The molecule has 18 heavy (non-hydrogen) atoms. The molecule has 0 heterocycles. The maximum atomic E-state index is 11.5. The molecule has 0 unspecified atom stereocenters. The molecule has 0 aliphatic heterocycles. The summed E-state index contributed by atoms with van der Waals surface area (Å²) in [6.45, 7) is 0. The summed E-state index contributed by atoms with van der Waals surface area (Å²) in [4.78, 5) is 11.5. The number of carbonyl (C=O) groups is 1. The Hall–Kier alpha value is -2.29. The van der Waals surface area contributed by atoms with Crippen molar-refractivity contribution in [2.24, 2.45) is 0 Å². The van der Waals surface area contributed by atoms with Crippen molar-refractivity contribution in [3.63, 3.8) is 0 Å². The zero-order valence-corrected chi connectivity index (χ0v) is 10.0. The highest BCUT2D eigenvalue weighted by molar-refractivity contribution is 5.81. The third-order valence-corrected chi connectivity index (χ3v) is 2.83. The second-order valence-corrected chi connectivity index (χ2v) is 3.92. The second kappa shape index (κ2) is 5.36. The van der Waals surface area contributed by atoms with Crippen LogP contribution in [0.15, 0.2) is 54.6 Å². The van der Waals surface area contributed by atoms with Gasteiger partial charge in [-0.2, -0.15) is 0 Å². The third-order valence-electron chi connectivity index (χ3n) is 2.83. The van der Waals surface area contributed by atoms with Crippen LogP contribution in [0.1, 0.15) is 17.0 Å². The Morgan fingerprint density at radius 3 is 2.28 bits per heavy atom. The topological polar surface area (TPSA) is 46.5 Å². The molecule has 0 aromatic heterocycles. The van der Waals surface area contributed by atoms with E-state index in [0.717, 1.165) is 5.56 Å². The molecule has 0 aliphatic carbocycles. The number of aliphatic carboxylic acids is 1. The average Bonchev–Trinajstić information content (AvgIpc) is 2.40. The molecule has 0 bridgehead atoms. The van der Waals surface area contributed by atoms with Crippen LogP contribution in [0.3, 0.4) is 0 Å². The van der Waals surface area contributed by atoms with Crippen LogP contribution in [0.25, 0.3) is 0 Å². The first-order chi connectivity index (χ1) is 8.74. The Kier molecular flexibility index (Phi) is 3.63. The van der Waals surface area contributed by atoms with Gasteiger partial charge in [-0.15, -0.1) is 0 Å². The first-order valence-corrected chi connectivity index (χ1v) is 5.64. The Bertz CT molecular complexity index is 534. The molecular weight excluding hydrogens is 228 g/mol. The predicted molar refractivity (Wildman–Crippen MR) is 68.9 cm³/mol. The second-order valence-electron chi connectivity index (χ2n) is 3.92. The monoisotopic (exact) mass is 242 g/mol. The molecule has 2 aromatic carbocycles. The highest BCUT2D eigenvalue weighted by atomic mass is 16.5. The summed E-state index contributed by atoms with van der Waals surface area (Å²) in [5.74, 6) is -0.998. The number of rotatable bonds is 4. The van der Waals surface area contributed by atoms with E-state index in [1.165, 1.54) is 0 Å². The van der Waals surface area contributed by atoms with Crippen LogP contribution < -0.4 is 4.74 Å². The lowest BCUT2D eigenvalue weighted by molar-refractivity contribution is -0.137. The lowest BCUT2D eigenvalue weighted by Crippen LogP contribution is -2.14. The van der Waals surface area contributed by atoms with Crippen molar-refractivity contribution in [2.45, 2.75) is 5.92 Å². The van der Waals surface area contributed by atoms with Crippen molar-refractivity contribution in [2.75, 3.05) is 7.11 Å². The fraction of sp³-hybridized carbons (Fsp3) is 0.133. The van der Waals surface area contributed by atoms with E-state index in [9.17, 15) is 9.90 Å². The van der Waals surface area contributed by atoms with E-state index in [0.29, 0.717) is 11.3 Å². The van der Waals surface area contributed by atoms with Crippen LogP contribution in [-0.4, -0.2) is 18.2 Å². The van der Waals surface area contributed by atoms with Crippen molar-refractivity contribution < 1.29 is 14.6 Å². The standard InChI is InChI=1S/C15H14O3/c1-18-13-10-6-5-9-12(13)14(15(16)17)11-7-3-2-4-8-11/h2-10,14H,1H3,(H,16,17)/t14-/m0/s1. The molecule has 0 saturated carbocycles. The van der Waals surface area contributed by atoms with Gasteiger partial charge in [-0.1, -0.05) is 48.5 Å². The van der Waals surface area contributed by atoms with Gasteiger partial charge >= 0.3 is 5.97 Å². The number of methoxy groups -OCH3 is 1. The van der Waals surface area contributed by atoms with Gasteiger partial charge in [0.05, 0.1) is 7.11 Å². The molecule has 3 nitrogen and oxygen atoms in total. The van der Waals surface area contributed by atoms with E-state index in [2.05, 4.69) is 0 Å². The summed E-state index contributed by atoms with van der Waals surface area (Å²) < 4.78 is 5.23. The Balaban J connectivity index is 2.52. The highest BCUT2D eigenvalue weighted by Gasteiger charge is 2.24. The van der Waals surface area contributed by atoms with Gasteiger partial charge in [-0.25, -0.2) is 0 Å². The molecule has 3 heteroatoms. The molecule has 1 atom stereocenters. The zero-order valence-electron chi connectivity index (χ0n) is 10.0. The van der Waals surface area contributed by atoms with E-state index >= 15 is 0 Å². The number of hydrogen-bond donors (Lipinski definition) is 1. The number of carboxylic acid groups (broad SMARTS) is 1. The van der Waals surface area contributed by atoms with Crippen LogP contribution in [0.2, 0.25) is 0 Å². The van der Waals surface area contributed by atoms with Crippen LogP contribution in [0.4, 0.5) is 0 Å². The smallest absolute Gasteiger partial charge is 0.315 e. The van der Waals surface area contributed by atoms with Gasteiger partial charge in [0, 0.05) is 5.56 Å². The van der Waals surface area contributed by atoms with Crippen LogP contribution in [0.5, 0.6) is 5.75 Å². The quantitative estimate of drug-likeness (QED) is 0.896. The minimum absolute atomic E-state index is 0.591. The summed E-state index contributed by atoms with van der Waals surface area (Å²) in [6, 6.07) is 16.4. The summed E-state index contributed by atoms with van der Waals surface area (Å²) in [6.07, 6.45) is 0. The summed E-state index contributed by atoms with van der Waals surface area (Å²) in [7, 11) is 1.54. The lowest BCUT2D eigenvalue weighted by atomic mass is 9.91. The van der Waals surface area contributed by atoms with E-state index in [-0.39, 0.29) is 0 Å². The van der Waals surface area contributed by atoms with Crippen molar-refractivity contribution in [3.8, 4) is 5.75 Å². The Morgan fingerprint density at radius 2 is 1.67 bits per heavy atom. The van der Waals surface area contributed by atoms with Gasteiger partial charge < -0.3 is 9.84 Å². The minimum atomic E-state index is -0.884. The normalized spacial score (nSPS) is 11.8. The zero-order chi connectivity index (χ0) is 13.0. The molecule has 0 aliphatic rings. The van der Waals surface area contributed by atoms with Gasteiger partial charge in [0.1, 0.15) is 11.7 Å². The number of ether oxygens (including phenoxy) is 1. The van der Waals surface area contributed by atoms with Crippen LogP contribution in [-0.2, 0) is 4.79 Å². The van der Waals surface area contributed by atoms with E-state index < -0.39 is 11.9 Å². The number of para-hydroxylation sites is 1. The van der Waals surface area contributed by atoms with E-state index in [1.54, 1.807) is 19.2 Å². The molecule has 0 saturated heterocycles. The third kappa shape index (κ3) is 2.35. The van der Waals surface area contributed by atoms with Crippen molar-refractivity contribution in [3.05, 3.63) is 65.7 Å². The first kappa shape index (κ1) is 12.2. The maximum absolute atomic E-state index is 11.5. The molecular formula is C15H14O3. The van der Waals surface area contributed by atoms with Gasteiger partial charge in [0.25, 0.3) is 0 Å². The number of hydrogen-bond acceptors (Lipinski definition) is 2.